The first-order valence-electron chi connectivity index (χ1n) is 6.52. The summed E-state index contributed by atoms with van der Waals surface area (Å²) >= 11 is 5.94. The minimum atomic E-state index is -0.137. The van der Waals surface area contributed by atoms with Crippen LogP contribution in [-0.4, -0.2) is 22.1 Å². The maximum atomic E-state index is 12.7. The highest BCUT2D eigenvalue weighted by Crippen LogP contribution is 2.36. The SMILES string of the molecule is Cn1cc(Cl)cc1C(=O)N1CCCc2cccc(O)c21. The maximum absolute atomic E-state index is 12.7. The van der Waals surface area contributed by atoms with E-state index in [2.05, 4.69) is 0 Å². The maximum Gasteiger partial charge on any atom is 0.275 e. The van der Waals surface area contributed by atoms with E-state index in [9.17, 15) is 9.90 Å². The van der Waals surface area contributed by atoms with Crippen LogP contribution >= 0.6 is 11.6 Å². The van der Waals surface area contributed by atoms with Gasteiger partial charge in [-0.25, -0.2) is 0 Å². The minimum absolute atomic E-state index is 0.137. The van der Waals surface area contributed by atoms with Crippen LogP contribution in [0.4, 0.5) is 5.69 Å². The van der Waals surface area contributed by atoms with Crippen molar-refractivity contribution in [1.82, 2.24) is 4.57 Å². The quantitative estimate of drug-likeness (QED) is 0.877. The first-order valence-corrected chi connectivity index (χ1v) is 6.90. The van der Waals surface area contributed by atoms with Crippen LogP contribution in [0.25, 0.3) is 0 Å². The monoisotopic (exact) mass is 290 g/mol. The molecule has 0 saturated carbocycles. The Morgan fingerprint density at radius 1 is 1.40 bits per heavy atom. The number of carbonyl (C=O) groups excluding carboxylic acids is 1. The first kappa shape index (κ1) is 13.1. The normalized spacial score (nSPS) is 14.2. The third-order valence-electron chi connectivity index (χ3n) is 3.63. The molecule has 0 atom stereocenters. The predicted molar refractivity (Wildman–Crippen MR) is 78.5 cm³/mol. The Labute approximate surface area is 122 Å². The molecule has 5 heteroatoms. The van der Waals surface area contributed by atoms with Crippen molar-refractivity contribution in [3.05, 3.63) is 46.7 Å². The third kappa shape index (κ3) is 2.06. The number of phenols is 1. The zero-order valence-electron chi connectivity index (χ0n) is 11.1. The van der Waals surface area contributed by atoms with Gasteiger partial charge >= 0.3 is 0 Å². The highest BCUT2D eigenvalue weighted by atomic mass is 35.5. The lowest BCUT2D eigenvalue weighted by Crippen LogP contribution is -2.36. The van der Waals surface area contributed by atoms with Gasteiger partial charge in [-0.05, 0) is 30.5 Å². The molecule has 20 heavy (non-hydrogen) atoms. The molecule has 0 aliphatic carbocycles. The molecule has 0 saturated heterocycles. The molecule has 1 amide bonds. The first-order chi connectivity index (χ1) is 9.58. The highest BCUT2D eigenvalue weighted by Gasteiger charge is 2.27. The molecule has 104 valence electrons. The number of anilines is 1. The average Bonchev–Trinajstić information content (AvgIpc) is 2.77. The average molecular weight is 291 g/mol. The van der Waals surface area contributed by atoms with Gasteiger partial charge in [-0.3, -0.25) is 4.79 Å². The van der Waals surface area contributed by atoms with Crippen LogP contribution in [0.15, 0.2) is 30.5 Å². The van der Waals surface area contributed by atoms with Crippen molar-refractivity contribution >= 4 is 23.2 Å². The van der Waals surface area contributed by atoms with Crippen molar-refractivity contribution in [2.75, 3.05) is 11.4 Å². The molecular weight excluding hydrogens is 276 g/mol. The van der Waals surface area contributed by atoms with E-state index in [-0.39, 0.29) is 11.7 Å². The topological polar surface area (TPSA) is 45.5 Å². The molecule has 0 radical (unpaired) electrons. The molecule has 1 aromatic heterocycles. The predicted octanol–water partition coefficient (Wildman–Crippen LogP) is 2.98. The van der Waals surface area contributed by atoms with Crippen LogP contribution in [0.5, 0.6) is 5.75 Å². The van der Waals surface area contributed by atoms with Gasteiger partial charge in [0, 0.05) is 19.8 Å². The summed E-state index contributed by atoms with van der Waals surface area (Å²) < 4.78 is 1.71. The summed E-state index contributed by atoms with van der Waals surface area (Å²) in [5.41, 5.74) is 2.15. The number of aromatic nitrogens is 1. The number of rotatable bonds is 1. The molecule has 0 unspecified atom stereocenters. The zero-order valence-corrected chi connectivity index (χ0v) is 11.9. The molecule has 1 aliphatic heterocycles. The molecule has 0 spiro atoms. The van der Waals surface area contributed by atoms with Gasteiger partial charge in [0.25, 0.3) is 5.91 Å². The molecule has 1 N–H and O–H groups in total. The van der Waals surface area contributed by atoms with E-state index < -0.39 is 0 Å². The lowest BCUT2D eigenvalue weighted by molar-refractivity contribution is 0.0976. The fraction of sp³-hybridized carbons (Fsp3) is 0.267. The van der Waals surface area contributed by atoms with E-state index in [0.717, 1.165) is 18.4 Å². The van der Waals surface area contributed by atoms with Gasteiger partial charge in [-0.2, -0.15) is 0 Å². The second-order valence-electron chi connectivity index (χ2n) is 5.00. The van der Waals surface area contributed by atoms with Gasteiger partial charge in [0.1, 0.15) is 11.4 Å². The number of benzene rings is 1. The summed E-state index contributed by atoms with van der Waals surface area (Å²) in [6, 6.07) is 7.02. The number of hydrogen-bond acceptors (Lipinski definition) is 2. The molecular formula is C15H15ClN2O2. The van der Waals surface area contributed by atoms with Crippen molar-refractivity contribution in [1.29, 1.82) is 0 Å². The molecule has 0 bridgehead atoms. The van der Waals surface area contributed by atoms with Crippen LogP contribution in [0.1, 0.15) is 22.5 Å². The molecule has 0 fully saturated rings. The Kier molecular flexibility index (Phi) is 3.18. The van der Waals surface area contributed by atoms with E-state index in [1.807, 2.05) is 12.1 Å². The number of amides is 1. The van der Waals surface area contributed by atoms with Crippen molar-refractivity contribution in [3.8, 4) is 5.75 Å². The summed E-state index contributed by atoms with van der Waals surface area (Å²) in [4.78, 5) is 14.3. The fourth-order valence-electron chi connectivity index (χ4n) is 2.71. The summed E-state index contributed by atoms with van der Waals surface area (Å²) in [6.07, 6.45) is 3.46. The van der Waals surface area contributed by atoms with Gasteiger partial charge in [0.05, 0.1) is 10.7 Å². The Bertz CT molecular complexity index is 679. The highest BCUT2D eigenvalue weighted by molar-refractivity contribution is 6.31. The number of fused-ring (bicyclic) bond motifs is 1. The zero-order chi connectivity index (χ0) is 14.3. The van der Waals surface area contributed by atoms with Gasteiger partial charge < -0.3 is 14.6 Å². The van der Waals surface area contributed by atoms with Gasteiger partial charge in [-0.15, -0.1) is 0 Å². The van der Waals surface area contributed by atoms with E-state index in [4.69, 9.17) is 11.6 Å². The van der Waals surface area contributed by atoms with Crippen molar-refractivity contribution in [2.24, 2.45) is 7.05 Å². The Morgan fingerprint density at radius 2 is 2.20 bits per heavy atom. The molecule has 2 heterocycles. The third-order valence-corrected chi connectivity index (χ3v) is 3.84. The largest absolute Gasteiger partial charge is 0.506 e. The van der Waals surface area contributed by atoms with Crippen LogP contribution < -0.4 is 4.90 Å². The molecule has 1 aromatic carbocycles. The van der Waals surface area contributed by atoms with Gasteiger partial charge in [-0.1, -0.05) is 23.7 Å². The second kappa shape index (κ2) is 4.87. The lowest BCUT2D eigenvalue weighted by atomic mass is 10.0. The van der Waals surface area contributed by atoms with Crippen LogP contribution in [0, 0.1) is 0 Å². The van der Waals surface area contributed by atoms with Gasteiger partial charge in [0.15, 0.2) is 0 Å². The van der Waals surface area contributed by atoms with Crippen molar-refractivity contribution < 1.29 is 9.90 Å². The summed E-state index contributed by atoms with van der Waals surface area (Å²) in [5, 5.41) is 10.6. The second-order valence-corrected chi connectivity index (χ2v) is 5.44. The Morgan fingerprint density at radius 3 is 2.90 bits per heavy atom. The summed E-state index contributed by atoms with van der Waals surface area (Å²) in [5.74, 6) is 0.0118. The van der Waals surface area contributed by atoms with Crippen LogP contribution in [0.2, 0.25) is 5.02 Å². The number of carbonyl (C=O) groups is 1. The van der Waals surface area contributed by atoms with Crippen molar-refractivity contribution in [3.63, 3.8) is 0 Å². The fourth-order valence-corrected chi connectivity index (χ4v) is 2.96. The van der Waals surface area contributed by atoms with Crippen molar-refractivity contribution in [2.45, 2.75) is 12.8 Å². The van der Waals surface area contributed by atoms with Gasteiger partial charge in [0.2, 0.25) is 0 Å². The Balaban J connectivity index is 2.05. The number of hydrogen-bond donors (Lipinski definition) is 1. The van der Waals surface area contributed by atoms with E-state index in [1.165, 1.54) is 0 Å². The number of phenolic OH excluding ortho intramolecular Hbond substituents is 1. The van der Waals surface area contributed by atoms with E-state index >= 15 is 0 Å². The summed E-state index contributed by atoms with van der Waals surface area (Å²) in [6.45, 7) is 0.603. The molecule has 2 aromatic rings. The number of para-hydroxylation sites is 1. The van der Waals surface area contributed by atoms with E-state index in [0.29, 0.717) is 22.9 Å². The van der Waals surface area contributed by atoms with Crippen LogP contribution in [-0.2, 0) is 13.5 Å². The lowest BCUT2D eigenvalue weighted by Gasteiger charge is -2.30. The number of halogens is 1. The van der Waals surface area contributed by atoms with Crippen LogP contribution in [0.3, 0.4) is 0 Å². The number of aryl methyl sites for hydroxylation is 2. The standard InChI is InChI=1S/C15H15ClN2O2/c1-17-9-11(16)8-12(17)15(20)18-7-3-5-10-4-2-6-13(19)14(10)18/h2,4,6,8-9,19H,3,5,7H2,1H3. The molecule has 4 nitrogen and oxygen atoms in total. The molecule has 1 aliphatic rings. The summed E-state index contributed by atoms with van der Waals surface area (Å²) in [7, 11) is 1.79. The Hall–Kier alpha value is -1.94. The smallest absolute Gasteiger partial charge is 0.275 e. The number of aromatic hydroxyl groups is 1. The number of nitrogens with zero attached hydrogens (tertiary/aromatic N) is 2. The molecule has 3 rings (SSSR count). The minimum Gasteiger partial charge on any atom is -0.506 e. The van der Waals surface area contributed by atoms with E-state index in [1.54, 1.807) is 34.8 Å².